The summed E-state index contributed by atoms with van der Waals surface area (Å²) < 4.78 is 0.814. The number of anilines is 1. The van der Waals surface area contributed by atoms with Gasteiger partial charge >= 0.3 is 0 Å². The van der Waals surface area contributed by atoms with E-state index in [0.717, 1.165) is 4.47 Å². The van der Waals surface area contributed by atoms with E-state index in [4.69, 9.17) is 0 Å². The van der Waals surface area contributed by atoms with Crippen LogP contribution in [-0.4, -0.2) is 18.4 Å². The Hall–Kier alpha value is -0.900. The number of aromatic nitrogens is 1. The lowest BCUT2D eigenvalue weighted by Gasteiger charge is -2.09. The molecule has 1 heterocycles. The Morgan fingerprint density at radius 3 is 3.00 bits per heavy atom. The molecule has 0 saturated carbocycles. The van der Waals surface area contributed by atoms with Gasteiger partial charge in [0.05, 0.1) is 4.47 Å². The molecule has 0 atom stereocenters. The lowest BCUT2D eigenvalue weighted by molar-refractivity contribution is -0.107. The second kappa shape index (κ2) is 3.48. The second-order valence-electron chi connectivity index (χ2n) is 2.03. The number of pyridine rings is 1. The van der Waals surface area contributed by atoms with Gasteiger partial charge in [0.1, 0.15) is 5.82 Å². The van der Waals surface area contributed by atoms with E-state index >= 15 is 0 Å². The molecule has 0 aliphatic heterocycles. The van der Waals surface area contributed by atoms with Crippen LogP contribution in [0.15, 0.2) is 22.8 Å². The number of rotatable bonds is 2. The van der Waals surface area contributed by atoms with Crippen LogP contribution in [0.3, 0.4) is 0 Å². The molecule has 0 aliphatic carbocycles. The van der Waals surface area contributed by atoms with E-state index in [-0.39, 0.29) is 0 Å². The number of halogens is 1. The van der Waals surface area contributed by atoms with Crippen molar-refractivity contribution in [1.82, 2.24) is 4.98 Å². The topological polar surface area (TPSA) is 33.2 Å². The predicted octanol–water partition coefficient (Wildman–Crippen LogP) is 1.44. The minimum Gasteiger partial charge on any atom is -0.302 e. The summed E-state index contributed by atoms with van der Waals surface area (Å²) in [6, 6.07) is 3.63. The van der Waals surface area contributed by atoms with Gasteiger partial charge in [-0.3, -0.25) is 4.79 Å². The summed E-state index contributed by atoms with van der Waals surface area (Å²) in [5.41, 5.74) is 0. The van der Waals surface area contributed by atoms with E-state index < -0.39 is 0 Å². The van der Waals surface area contributed by atoms with Crippen LogP contribution in [0.2, 0.25) is 0 Å². The zero-order valence-corrected chi connectivity index (χ0v) is 7.58. The van der Waals surface area contributed by atoms with Crippen LogP contribution in [0.4, 0.5) is 5.82 Å². The summed E-state index contributed by atoms with van der Waals surface area (Å²) in [7, 11) is 1.65. The lowest BCUT2D eigenvalue weighted by Crippen LogP contribution is -2.15. The monoisotopic (exact) mass is 214 g/mol. The van der Waals surface area contributed by atoms with E-state index in [1.807, 2.05) is 6.07 Å². The van der Waals surface area contributed by atoms with Gasteiger partial charge in [0, 0.05) is 13.2 Å². The van der Waals surface area contributed by atoms with E-state index in [1.165, 1.54) is 4.90 Å². The van der Waals surface area contributed by atoms with Crippen LogP contribution in [0, 0.1) is 0 Å². The SMILES string of the molecule is CN(C=O)c1ncccc1Br. The van der Waals surface area contributed by atoms with Crippen molar-refractivity contribution in [2.24, 2.45) is 0 Å². The van der Waals surface area contributed by atoms with Crippen molar-refractivity contribution in [3.8, 4) is 0 Å². The summed E-state index contributed by atoms with van der Waals surface area (Å²) in [5.74, 6) is 0.627. The molecule has 3 nitrogen and oxygen atoms in total. The zero-order chi connectivity index (χ0) is 8.27. The Labute approximate surface area is 73.2 Å². The molecule has 1 rings (SSSR count). The van der Waals surface area contributed by atoms with Crippen LogP contribution in [-0.2, 0) is 4.79 Å². The van der Waals surface area contributed by atoms with E-state index in [0.29, 0.717) is 12.2 Å². The van der Waals surface area contributed by atoms with Crippen molar-refractivity contribution in [1.29, 1.82) is 0 Å². The molecule has 0 aromatic carbocycles. The van der Waals surface area contributed by atoms with Crippen LogP contribution in [0.25, 0.3) is 0 Å². The second-order valence-corrected chi connectivity index (χ2v) is 2.88. The summed E-state index contributed by atoms with van der Waals surface area (Å²) >= 11 is 3.27. The van der Waals surface area contributed by atoms with Crippen molar-refractivity contribution in [3.63, 3.8) is 0 Å². The smallest absolute Gasteiger partial charge is 0.215 e. The number of carbonyl (C=O) groups is 1. The zero-order valence-electron chi connectivity index (χ0n) is 5.99. The van der Waals surface area contributed by atoms with Gasteiger partial charge in [-0.1, -0.05) is 0 Å². The Morgan fingerprint density at radius 2 is 2.45 bits per heavy atom. The predicted molar refractivity (Wildman–Crippen MR) is 46.4 cm³/mol. The maximum Gasteiger partial charge on any atom is 0.215 e. The van der Waals surface area contributed by atoms with Crippen molar-refractivity contribution in [2.75, 3.05) is 11.9 Å². The third-order valence-electron chi connectivity index (χ3n) is 1.23. The molecule has 0 saturated heterocycles. The highest BCUT2D eigenvalue weighted by atomic mass is 79.9. The fourth-order valence-electron chi connectivity index (χ4n) is 0.687. The standard InChI is InChI=1S/C7H7BrN2O/c1-10(5-11)7-6(8)3-2-4-9-7/h2-5H,1H3. The average molecular weight is 215 g/mol. The number of hydrogen-bond donors (Lipinski definition) is 0. The van der Waals surface area contributed by atoms with Crippen LogP contribution < -0.4 is 4.90 Å². The largest absolute Gasteiger partial charge is 0.302 e. The molecule has 58 valence electrons. The van der Waals surface area contributed by atoms with Gasteiger partial charge in [0.15, 0.2) is 0 Å². The first-order valence-corrected chi connectivity index (χ1v) is 3.83. The molecular weight excluding hydrogens is 208 g/mol. The minimum absolute atomic E-state index is 0.627. The molecule has 0 unspecified atom stereocenters. The molecule has 4 heteroatoms. The highest BCUT2D eigenvalue weighted by Gasteiger charge is 2.03. The molecule has 1 aromatic rings. The first-order chi connectivity index (χ1) is 5.25. The molecular formula is C7H7BrN2O. The quantitative estimate of drug-likeness (QED) is 0.699. The molecule has 0 radical (unpaired) electrons. The van der Waals surface area contributed by atoms with Gasteiger partial charge in [-0.05, 0) is 28.1 Å². The molecule has 11 heavy (non-hydrogen) atoms. The van der Waals surface area contributed by atoms with Crippen LogP contribution in [0.5, 0.6) is 0 Å². The third kappa shape index (κ3) is 1.77. The number of carbonyl (C=O) groups excluding carboxylic acids is 1. The van der Waals surface area contributed by atoms with Crippen LogP contribution >= 0.6 is 15.9 Å². The Morgan fingerprint density at radius 1 is 1.73 bits per heavy atom. The van der Waals surface area contributed by atoms with Gasteiger partial charge in [-0.2, -0.15) is 0 Å². The molecule has 1 amide bonds. The van der Waals surface area contributed by atoms with Gasteiger partial charge in [-0.15, -0.1) is 0 Å². The fraction of sp³-hybridized carbons (Fsp3) is 0.143. The third-order valence-corrected chi connectivity index (χ3v) is 1.85. The molecule has 0 aliphatic rings. The molecule has 0 spiro atoms. The molecule has 1 aromatic heterocycles. The van der Waals surface area contributed by atoms with Crippen molar-refractivity contribution in [2.45, 2.75) is 0 Å². The summed E-state index contributed by atoms with van der Waals surface area (Å²) in [6.45, 7) is 0. The summed E-state index contributed by atoms with van der Waals surface area (Å²) in [6.07, 6.45) is 2.35. The van der Waals surface area contributed by atoms with Crippen molar-refractivity contribution in [3.05, 3.63) is 22.8 Å². The number of nitrogens with zero attached hydrogens (tertiary/aromatic N) is 2. The Kier molecular flexibility index (Phi) is 2.59. The molecule has 0 fully saturated rings. The molecule has 0 bridgehead atoms. The Bertz CT molecular complexity index is 264. The highest BCUT2D eigenvalue weighted by Crippen LogP contribution is 2.20. The maximum atomic E-state index is 10.3. The molecule has 0 N–H and O–H groups in total. The van der Waals surface area contributed by atoms with Crippen molar-refractivity contribution < 1.29 is 4.79 Å². The van der Waals surface area contributed by atoms with E-state index in [9.17, 15) is 4.79 Å². The minimum atomic E-state index is 0.627. The Balaban J connectivity index is 3.02. The van der Waals surface area contributed by atoms with Gasteiger partial charge in [-0.25, -0.2) is 4.98 Å². The first-order valence-electron chi connectivity index (χ1n) is 3.04. The maximum absolute atomic E-state index is 10.3. The fourth-order valence-corrected chi connectivity index (χ4v) is 1.22. The summed E-state index contributed by atoms with van der Waals surface area (Å²) in [5, 5.41) is 0. The average Bonchev–Trinajstić information content (AvgIpc) is 2.04. The van der Waals surface area contributed by atoms with Crippen LogP contribution in [0.1, 0.15) is 0 Å². The van der Waals surface area contributed by atoms with Gasteiger partial charge in [0.25, 0.3) is 0 Å². The first kappa shape index (κ1) is 8.20. The number of amides is 1. The summed E-state index contributed by atoms with van der Waals surface area (Å²) in [4.78, 5) is 15.7. The van der Waals surface area contributed by atoms with E-state index in [1.54, 1.807) is 19.3 Å². The van der Waals surface area contributed by atoms with Gasteiger partial charge in [0.2, 0.25) is 6.41 Å². The van der Waals surface area contributed by atoms with Gasteiger partial charge < -0.3 is 4.90 Å². The number of hydrogen-bond acceptors (Lipinski definition) is 2. The van der Waals surface area contributed by atoms with Crippen molar-refractivity contribution >= 4 is 28.2 Å². The lowest BCUT2D eigenvalue weighted by atomic mass is 10.4. The highest BCUT2D eigenvalue weighted by molar-refractivity contribution is 9.10. The van der Waals surface area contributed by atoms with E-state index in [2.05, 4.69) is 20.9 Å². The normalized spacial score (nSPS) is 9.27.